The second kappa shape index (κ2) is 4.32. The van der Waals surface area contributed by atoms with Gasteiger partial charge in [0, 0.05) is 5.69 Å². The molecule has 2 rings (SSSR count). The highest BCUT2D eigenvalue weighted by molar-refractivity contribution is 5.98. The molecule has 1 aromatic carbocycles. The fraction of sp³-hybridized carbons (Fsp3) is 0.200. The number of benzene rings is 1. The minimum absolute atomic E-state index is 0.156. The van der Waals surface area contributed by atoms with E-state index >= 15 is 0 Å². The van der Waals surface area contributed by atoms with Crippen molar-refractivity contribution in [2.24, 2.45) is 0 Å². The van der Waals surface area contributed by atoms with Gasteiger partial charge in [0.15, 0.2) is 0 Å². The number of hydrogen-bond acceptors (Lipinski definition) is 2. The molecule has 20 heavy (non-hydrogen) atoms. The van der Waals surface area contributed by atoms with Crippen LogP contribution < -0.4 is 11.0 Å². The third kappa shape index (κ3) is 2.36. The zero-order chi connectivity index (χ0) is 15.1. The Morgan fingerprint density at radius 1 is 1.05 bits per heavy atom. The number of alkyl halides is 5. The van der Waals surface area contributed by atoms with Gasteiger partial charge >= 0.3 is 23.7 Å². The van der Waals surface area contributed by atoms with E-state index in [2.05, 4.69) is 9.97 Å². The summed E-state index contributed by atoms with van der Waals surface area (Å²) in [6, 6.07) is 3.38. The minimum atomic E-state index is -5.98. The maximum absolute atomic E-state index is 12.7. The van der Waals surface area contributed by atoms with E-state index < -0.39 is 23.7 Å². The average Bonchev–Trinajstić information content (AvgIpc) is 2.66. The molecule has 108 valence electrons. The van der Waals surface area contributed by atoms with Gasteiger partial charge in [-0.1, -0.05) is 0 Å². The van der Waals surface area contributed by atoms with Crippen LogP contribution in [0.3, 0.4) is 0 Å². The number of amides is 1. The maximum Gasteiger partial charge on any atom is 0.463 e. The predicted octanol–water partition coefficient (Wildman–Crippen LogP) is 1.99. The van der Waals surface area contributed by atoms with Gasteiger partial charge in [-0.25, -0.2) is 4.79 Å². The van der Waals surface area contributed by atoms with Crippen LogP contribution in [0.2, 0.25) is 0 Å². The minimum Gasteiger partial charge on any atom is -0.320 e. The maximum atomic E-state index is 12.7. The Balaban J connectivity index is 2.28. The molecule has 0 aliphatic heterocycles. The van der Waals surface area contributed by atoms with Gasteiger partial charge in [0.25, 0.3) is 0 Å². The van der Waals surface area contributed by atoms with E-state index in [0.717, 1.165) is 12.1 Å². The molecular weight excluding hydrogens is 289 g/mol. The molecule has 0 aliphatic carbocycles. The van der Waals surface area contributed by atoms with Crippen LogP contribution in [0, 0.1) is 0 Å². The molecule has 1 heterocycles. The number of H-pyrrole nitrogens is 2. The Morgan fingerprint density at radius 2 is 1.65 bits per heavy atom. The van der Waals surface area contributed by atoms with E-state index in [0.29, 0.717) is 5.52 Å². The topological polar surface area (TPSA) is 77.8 Å². The largest absolute Gasteiger partial charge is 0.463 e. The molecule has 1 amide bonds. The first-order valence-electron chi connectivity index (χ1n) is 5.09. The Hall–Kier alpha value is -2.39. The van der Waals surface area contributed by atoms with Crippen LogP contribution in [-0.4, -0.2) is 28.0 Å². The van der Waals surface area contributed by atoms with Gasteiger partial charge in [-0.15, -0.1) is 0 Å². The summed E-state index contributed by atoms with van der Waals surface area (Å²) in [5.74, 6) is -8.00. The Morgan fingerprint density at radius 3 is 2.25 bits per heavy atom. The lowest BCUT2D eigenvalue weighted by Gasteiger charge is -2.18. The third-order valence-electron chi connectivity index (χ3n) is 2.42. The molecule has 0 saturated heterocycles. The third-order valence-corrected chi connectivity index (χ3v) is 2.42. The van der Waals surface area contributed by atoms with Crippen LogP contribution in [0.1, 0.15) is 0 Å². The van der Waals surface area contributed by atoms with Crippen LogP contribution in [0.4, 0.5) is 27.6 Å². The molecule has 0 bridgehead atoms. The molecule has 0 saturated carbocycles. The average molecular weight is 295 g/mol. The summed E-state index contributed by atoms with van der Waals surface area (Å²) in [6.45, 7) is 0. The second-order valence-corrected chi connectivity index (χ2v) is 3.87. The molecule has 0 radical (unpaired) electrons. The molecule has 2 aromatic rings. The summed E-state index contributed by atoms with van der Waals surface area (Å²) in [7, 11) is 0. The lowest BCUT2D eigenvalue weighted by Crippen LogP contribution is -2.47. The van der Waals surface area contributed by atoms with Crippen molar-refractivity contribution in [3.63, 3.8) is 0 Å². The highest BCUT2D eigenvalue weighted by Crippen LogP contribution is 2.36. The van der Waals surface area contributed by atoms with Crippen LogP contribution in [-0.2, 0) is 4.79 Å². The first-order valence-corrected chi connectivity index (χ1v) is 5.09. The molecule has 3 N–H and O–H groups in total. The number of imidazole rings is 1. The smallest absolute Gasteiger partial charge is 0.320 e. The van der Waals surface area contributed by atoms with Gasteiger partial charge < -0.3 is 15.3 Å². The fourth-order valence-corrected chi connectivity index (χ4v) is 1.45. The summed E-state index contributed by atoms with van der Waals surface area (Å²) in [5.41, 5.74) is -0.413. The van der Waals surface area contributed by atoms with Gasteiger partial charge in [0.2, 0.25) is 0 Å². The number of halogens is 5. The monoisotopic (exact) mass is 295 g/mol. The van der Waals surface area contributed by atoms with Crippen molar-refractivity contribution in [1.82, 2.24) is 9.97 Å². The van der Waals surface area contributed by atoms with Crippen molar-refractivity contribution >= 4 is 22.6 Å². The standard InChI is InChI=1S/C10H6F5N3O2/c11-9(12,10(13,14)15)7(19)16-4-1-2-5-6(3-4)18-8(20)17-5/h1-3H,(H,16,19)(H2,17,18,20). The fourth-order valence-electron chi connectivity index (χ4n) is 1.45. The van der Waals surface area contributed by atoms with Crippen LogP contribution in [0.5, 0.6) is 0 Å². The number of anilines is 1. The van der Waals surface area contributed by atoms with Crippen molar-refractivity contribution in [3.8, 4) is 0 Å². The van der Waals surface area contributed by atoms with Crippen molar-refractivity contribution < 1.29 is 26.7 Å². The first-order chi connectivity index (χ1) is 9.11. The summed E-state index contributed by atoms with van der Waals surface area (Å²) in [5, 5.41) is 1.45. The van der Waals surface area contributed by atoms with Crippen molar-refractivity contribution in [2.75, 3.05) is 5.32 Å². The Labute approximate surface area is 106 Å². The number of aromatic nitrogens is 2. The van der Waals surface area contributed by atoms with Crippen molar-refractivity contribution in [2.45, 2.75) is 12.1 Å². The van der Waals surface area contributed by atoms with E-state index in [1.165, 1.54) is 11.4 Å². The van der Waals surface area contributed by atoms with Gasteiger partial charge in [-0.3, -0.25) is 4.79 Å². The van der Waals surface area contributed by atoms with E-state index in [-0.39, 0.29) is 11.2 Å². The normalized spacial score (nSPS) is 12.7. The highest BCUT2D eigenvalue weighted by Gasteiger charge is 2.63. The lowest BCUT2D eigenvalue weighted by atomic mass is 10.2. The summed E-state index contributed by atoms with van der Waals surface area (Å²) in [6.07, 6.45) is -5.98. The van der Waals surface area contributed by atoms with E-state index in [9.17, 15) is 31.5 Å². The highest BCUT2D eigenvalue weighted by atomic mass is 19.4. The molecule has 0 spiro atoms. The summed E-state index contributed by atoms with van der Waals surface area (Å²) < 4.78 is 61.4. The lowest BCUT2D eigenvalue weighted by molar-refractivity contribution is -0.267. The number of rotatable bonds is 2. The number of carbonyl (C=O) groups is 1. The summed E-state index contributed by atoms with van der Waals surface area (Å²) in [4.78, 5) is 26.5. The van der Waals surface area contributed by atoms with Crippen molar-refractivity contribution in [1.29, 1.82) is 0 Å². The van der Waals surface area contributed by atoms with Gasteiger partial charge in [0.05, 0.1) is 11.0 Å². The van der Waals surface area contributed by atoms with E-state index in [4.69, 9.17) is 0 Å². The Kier molecular flexibility index (Phi) is 3.03. The molecule has 0 atom stereocenters. The molecule has 0 aliphatic rings. The SMILES string of the molecule is O=C(Nc1ccc2[nH]c(=O)[nH]c2c1)C(F)(F)C(F)(F)F. The van der Waals surface area contributed by atoms with Crippen LogP contribution >= 0.6 is 0 Å². The van der Waals surface area contributed by atoms with Crippen molar-refractivity contribution in [3.05, 3.63) is 28.7 Å². The van der Waals surface area contributed by atoms with E-state index in [1.54, 1.807) is 0 Å². The van der Waals surface area contributed by atoms with Gasteiger partial charge in [0.1, 0.15) is 0 Å². The first kappa shape index (κ1) is 14.0. The zero-order valence-electron chi connectivity index (χ0n) is 9.44. The summed E-state index contributed by atoms with van der Waals surface area (Å²) >= 11 is 0. The number of carbonyl (C=O) groups excluding carboxylic acids is 1. The molecular formula is C10H6F5N3O2. The molecule has 10 heteroatoms. The molecule has 5 nitrogen and oxygen atoms in total. The van der Waals surface area contributed by atoms with Gasteiger partial charge in [-0.05, 0) is 18.2 Å². The predicted molar refractivity (Wildman–Crippen MR) is 58.6 cm³/mol. The Bertz CT molecular complexity index is 715. The van der Waals surface area contributed by atoms with Crippen LogP contribution in [0.15, 0.2) is 23.0 Å². The molecule has 0 unspecified atom stereocenters. The number of nitrogens with one attached hydrogen (secondary N) is 3. The quantitative estimate of drug-likeness (QED) is 0.741. The number of hydrogen-bond donors (Lipinski definition) is 3. The zero-order valence-corrected chi connectivity index (χ0v) is 9.44. The van der Waals surface area contributed by atoms with E-state index in [1.807, 2.05) is 0 Å². The molecule has 0 fully saturated rings. The number of fused-ring (bicyclic) bond motifs is 1. The van der Waals surface area contributed by atoms with Crippen LogP contribution in [0.25, 0.3) is 11.0 Å². The van der Waals surface area contributed by atoms with Gasteiger partial charge in [-0.2, -0.15) is 22.0 Å². The number of aromatic amines is 2. The second-order valence-electron chi connectivity index (χ2n) is 3.87. The molecule has 1 aromatic heterocycles.